The van der Waals surface area contributed by atoms with E-state index in [9.17, 15) is 28.8 Å². The summed E-state index contributed by atoms with van der Waals surface area (Å²) < 4.78 is 4.08. The molecule has 1 fully saturated rings. The second-order valence-corrected chi connectivity index (χ2v) is 6.40. The van der Waals surface area contributed by atoms with Crippen LogP contribution in [0.15, 0.2) is 36.9 Å². The van der Waals surface area contributed by atoms with Crippen LogP contribution >= 0.6 is 0 Å². The lowest BCUT2D eigenvalue weighted by Crippen LogP contribution is -2.18. The molecule has 0 unspecified atom stereocenters. The number of pyridine rings is 2. The first-order chi connectivity index (χ1) is 16.0. The first-order valence-corrected chi connectivity index (χ1v) is 9.49. The van der Waals surface area contributed by atoms with Crippen LogP contribution in [0, 0.1) is 0 Å². The van der Waals surface area contributed by atoms with Gasteiger partial charge in [0.05, 0.1) is 54.2 Å². The number of nitrogen functional groups attached to an aromatic ring is 1. The molecule has 180 valence electrons. The summed E-state index contributed by atoms with van der Waals surface area (Å²) in [5.41, 5.74) is 16.4. The maximum absolute atomic E-state index is 11.3. The molecule has 0 radical (unpaired) electrons. The van der Waals surface area contributed by atoms with Gasteiger partial charge in [0.25, 0.3) is 11.8 Å². The standard InChI is InChI=1S/C10H11N3O4.C6H7N3O.C4H4O3/c11-10(17)6-3-4-12-5-7(6)13-8(14)1-2-9(15)16;7-5-3-9-2-1-4(5)6(8)10;5-3-1-2-4(6)7-3/h3-5H,1-2H2,(H2,11,17)(H,13,14)(H,15,16);1-3H,7H2,(H2,8,10);1-2H2. The number of carbonyl (C=O) groups excluding carboxylic acids is 5. The molecule has 0 aromatic carbocycles. The third-order valence-electron chi connectivity index (χ3n) is 3.80. The van der Waals surface area contributed by atoms with E-state index in [2.05, 4.69) is 20.0 Å². The Morgan fingerprint density at radius 2 is 1.44 bits per heavy atom. The fourth-order valence-electron chi connectivity index (χ4n) is 2.21. The minimum absolute atomic E-state index is 0.128. The number of primary amides is 2. The number of carbonyl (C=O) groups is 6. The molecule has 0 atom stereocenters. The average Bonchev–Trinajstić information content (AvgIpc) is 3.16. The Hall–Kier alpha value is -4.88. The number of ether oxygens (including phenoxy) is 1. The number of aliphatic carboxylic acids is 1. The summed E-state index contributed by atoms with van der Waals surface area (Å²) in [5, 5.41) is 10.8. The van der Waals surface area contributed by atoms with Crippen LogP contribution in [0.5, 0.6) is 0 Å². The van der Waals surface area contributed by atoms with Gasteiger partial charge in [-0.3, -0.25) is 38.7 Å². The third kappa shape index (κ3) is 9.95. The summed E-state index contributed by atoms with van der Waals surface area (Å²) in [6.07, 6.45) is 5.57. The number of amides is 3. The quantitative estimate of drug-likeness (QED) is 0.266. The van der Waals surface area contributed by atoms with E-state index in [1.165, 1.54) is 36.9 Å². The molecule has 1 aliphatic heterocycles. The SMILES string of the molecule is NC(=O)c1ccncc1N.NC(=O)c1ccncc1NC(=O)CCC(=O)O.O=C1CCC(=O)O1. The molecule has 0 saturated carbocycles. The van der Waals surface area contributed by atoms with Gasteiger partial charge in [0.1, 0.15) is 0 Å². The Balaban J connectivity index is 0.000000285. The number of esters is 2. The molecule has 0 bridgehead atoms. The molecule has 1 aliphatic rings. The number of hydrogen-bond acceptors (Lipinski definition) is 10. The molecular formula is C20H22N6O8. The van der Waals surface area contributed by atoms with E-state index >= 15 is 0 Å². The van der Waals surface area contributed by atoms with Gasteiger partial charge in [0.15, 0.2) is 0 Å². The predicted molar refractivity (Wildman–Crippen MR) is 116 cm³/mol. The van der Waals surface area contributed by atoms with Crippen LogP contribution in [0.2, 0.25) is 0 Å². The van der Waals surface area contributed by atoms with Crippen LogP contribution in [0.1, 0.15) is 46.4 Å². The van der Waals surface area contributed by atoms with Crippen LogP contribution in [-0.2, 0) is 23.9 Å². The summed E-state index contributed by atoms with van der Waals surface area (Å²) in [6.45, 7) is 0. The number of carboxylic acids is 1. The zero-order valence-electron chi connectivity index (χ0n) is 17.7. The van der Waals surface area contributed by atoms with Crippen molar-refractivity contribution in [2.75, 3.05) is 11.1 Å². The maximum atomic E-state index is 11.3. The van der Waals surface area contributed by atoms with Crippen LogP contribution in [0.3, 0.4) is 0 Å². The fraction of sp³-hybridized carbons (Fsp3) is 0.200. The molecule has 0 spiro atoms. The molecule has 1 saturated heterocycles. The minimum Gasteiger partial charge on any atom is -0.481 e. The molecule has 8 N–H and O–H groups in total. The minimum atomic E-state index is -1.07. The lowest BCUT2D eigenvalue weighted by molar-refractivity contribution is -0.152. The van der Waals surface area contributed by atoms with Crippen LogP contribution in [-0.4, -0.2) is 50.7 Å². The number of nitrogens with two attached hydrogens (primary N) is 3. The van der Waals surface area contributed by atoms with Gasteiger partial charge in [-0.2, -0.15) is 0 Å². The smallest absolute Gasteiger partial charge is 0.314 e. The number of rotatable bonds is 6. The number of carboxylic acid groups (broad SMARTS) is 1. The molecule has 3 amide bonds. The first-order valence-electron chi connectivity index (χ1n) is 9.49. The highest BCUT2D eigenvalue weighted by atomic mass is 16.6. The van der Waals surface area contributed by atoms with Gasteiger partial charge >= 0.3 is 17.9 Å². The van der Waals surface area contributed by atoms with Gasteiger partial charge < -0.3 is 32.4 Å². The number of hydrogen-bond donors (Lipinski definition) is 5. The van der Waals surface area contributed by atoms with Gasteiger partial charge in [-0.05, 0) is 12.1 Å². The van der Waals surface area contributed by atoms with Crippen molar-refractivity contribution in [3.05, 3.63) is 48.0 Å². The van der Waals surface area contributed by atoms with Gasteiger partial charge in [-0.1, -0.05) is 0 Å². The van der Waals surface area contributed by atoms with Crippen molar-refractivity contribution in [2.24, 2.45) is 11.5 Å². The first kappa shape index (κ1) is 27.2. The van der Waals surface area contributed by atoms with Crippen molar-refractivity contribution >= 4 is 47.0 Å². The molecular weight excluding hydrogens is 452 g/mol. The number of nitrogens with zero attached hydrogens (tertiary/aromatic N) is 2. The van der Waals surface area contributed by atoms with Gasteiger partial charge in [0.2, 0.25) is 5.91 Å². The monoisotopic (exact) mass is 474 g/mol. The number of cyclic esters (lactones) is 2. The molecule has 3 rings (SSSR count). The highest BCUT2D eigenvalue weighted by Crippen LogP contribution is 2.13. The van der Waals surface area contributed by atoms with Crippen LogP contribution in [0.25, 0.3) is 0 Å². The summed E-state index contributed by atoms with van der Waals surface area (Å²) in [7, 11) is 0. The molecule has 0 aliphatic carbocycles. The summed E-state index contributed by atoms with van der Waals surface area (Å²) in [6, 6.07) is 2.85. The van der Waals surface area contributed by atoms with Crippen LogP contribution < -0.4 is 22.5 Å². The Kier molecular flexibility index (Phi) is 10.8. The summed E-state index contributed by atoms with van der Waals surface area (Å²) in [4.78, 5) is 70.6. The molecule has 3 heterocycles. The van der Waals surface area contributed by atoms with Crippen molar-refractivity contribution in [1.29, 1.82) is 0 Å². The Labute approximate surface area is 192 Å². The van der Waals surface area contributed by atoms with E-state index in [0.29, 0.717) is 11.3 Å². The Bertz CT molecular complexity index is 1070. The zero-order chi connectivity index (χ0) is 25.7. The largest absolute Gasteiger partial charge is 0.481 e. The van der Waals surface area contributed by atoms with E-state index in [1.54, 1.807) is 0 Å². The van der Waals surface area contributed by atoms with Crippen molar-refractivity contribution in [1.82, 2.24) is 9.97 Å². The van der Waals surface area contributed by atoms with Crippen molar-refractivity contribution in [3.8, 4) is 0 Å². The predicted octanol–water partition coefficient (Wildman–Crippen LogP) is -0.403. The molecule has 14 nitrogen and oxygen atoms in total. The third-order valence-corrected chi connectivity index (χ3v) is 3.80. The summed E-state index contributed by atoms with van der Waals surface area (Å²) in [5.74, 6) is -3.60. The van der Waals surface area contributed by atoms with E-state index < -0.39 is 35.6 Å². The summed E-state index contributed by atoms with van der Waals surface area (Å²) >= 11 is 0. The highest BCUT2D eigenvalue weighted by molar-refractivity contribution is 6.03. The lowest BCUT2D eigenvalue weighted by atomic mass is 10.2. The zero-order valence-corrected chi connectivity index (χ0v) is 17.7. The number of aromatic nitrogens is 2. The average molecular weight is 474 g/mol. The highest BCUT2D eigenvalue weighted by Gasteiger charge is 2.19. The second-order valence-electron chi connectivity index (χ2n) is 6.40. The molecule has 34 heavy (non-hydrogen) atoms. The maximum Gasteiger partial charge on any atom is 0.314 e. The van der Waals surface area contributed by atoms with Crippen molar-refractivity contribution < 1.29 is 38.6 Å². The number of nitrogens with one attached hydrogen (secondary N) is 1. The second kappa shape index (κ2) is 13.5. The normalized spacial score (nSPS) is 11.6. The lowest BCUT2D eigenvalue weighted by Gasteiger charge is -2.07. The van der Waals surface area contributed by atoms with E-state index in [1.807, 2.05) is 0 Å². The van der Waals surface area contributed by atoms with Gasteiger partial charge in [-0.15, -0.1) is 0 Å². The van der Waals surface area contributed by atoms with Crippen molar-refractivity contribution in [2.45, 2.75) is 25.7 Å². The fourth-order valence-corrected chi connectivity index (χ4v) is 2.21. The Morgan fingerprint density at radius 1 is 0.912 bits per heavy atom. The van der Waals surface area contributed by atoms with E-state index in [4.69, 9.17) is 22.3 Å². The molecule has 2 aromatic rings. The van der Waals surface area contributed by atoms with Crippen molar-refractivity contribution in [3.63, 3.8) is 0 Å². The molecule has 14 heteroatoms. The van der Waals surface area contributed by atoms with E-state index in [0.717, 1.165) is 0 Å². The van der Waals surface area contributed by atoms with E-state index in [-0.39, 0.29) is 36.9 Å². The van der Waals surface area contributed by atoms with Gasteiger partial charge in [0, 0.05) is 18.8 Å². The van der Waals surface area contributed by atoms with Gasteiger partial charge in [-0.25, -0.2) is 0 Å². The molecule has 2 aromatic heterocycles. The topological polar surface area (TPSA) is 248 Å². The van der Waals surface area contributed by atoms with Crippen LogP contribution in [0.4, 0.5) is 11.4 Å². The Morgan fingerprint density at radius 3 is 1.85 bits per heavy atom. The number of anilines is 2.